The molecule has 2 aromatic rings. The molecule has 0 radical (unpaired) electrons. The lowest BCUT2D eigenvalue weighted by atomic mass is 10.1. The van der Waals surface area contributed by atoms with Gasteiger partial charge in [0.25, 0.3) is 5.69 Å². The van der Waals surface area contributed by atoms with Crippen molar-refractivity contribution in [1.82, 2.24) is 0 Å². The van der Waals surface area contributed by atoms with Crippen LogP contribution in [0.5, 0.6) is 5.75 Å². The number of benzene rings is 1. The topological polar surface area (TPSA) is 82.6 Å². The van der Waals surface area contributed by atoms with Crippen LogP contribution in [-0.2, 0) is 0 Å². The fourth-order valence-corrected chi connectivity index (χ4v) is 1.56. The second-order valence-electron chi connectivity index (χ2n) is 3.46. The molecule has 1 heterocycles. The van der Waals surface area contributed by atoms with Crippen LogP contribution < -0.4 is 4.74 Å². The average molecular weight is 247 g/mol. The number of nitrogens with zero attached hydrogens (tertiary/aromatic N) is 1. The number of methoxy groups -OCH3 is 1. The second-order valence-corrected chi connectivity index (χ2v) is 3.46. The Morgan fingerprint density at radius 1 is 1.33 bits per heavy atom. The summed E-state index contributed by atoms with van der Waals surface area (Å²) >= 11 is 0. The molecule has 0 atom stereocenters. The molecule has 6 heteroatoms. The molecule has 0 aliphatic rings. The van der Waals surface area contributed by atoms with E-state index in [4.69, 9.17) is 9.15 Å². The Morgan fingerprint density at radius 2 is 2.11 bits per heavy atom. The number of nitro benzene ring substituents is 1. The zero-order chi connectivity index (χ0) is 13.1. The van der Waals surface area contributed by atoms with E-state index < -0.39 is 4.92 Å². The summed E-state index contributed by atoms with van der Waals surface area (Å²) in [4.78, 5) is 20.8. The molecular formula is C12H9NO5. The fourth-order valence-electron chi connectivity index (χ4n) is 1.56. The van der Waals surface area contributed by atoms with Crippen molar-refractivity contribution in [3.8, 4) is 17.1 Å². The molecule has 0 amide bonds. The molecule has 6 nitrogen and oxygen atoms in total. The van der Waals surface area contributed by atoms with Gasteiger partial charge in [0, 0.05) is 12.1 Å². The van der Waals surface area contributed by atoms with Gasteiger partial charge in [0.05, 0.1) is 17.6 Å². The Morgan fingerprint density at radius 3 is 2.67 bits per heavy atom. The van der Waals surface area contributed by atoms with Crippen LogP contribution >= 0.6 is 0 Å². The molecule has 0 spiro atoms. The van der Waals surface area contributed by atoms with Gasteiger partial charge in [-0.05, 0) is 18.2 Å². The second kappa shape index (κ2) is 4.70. The maximum absolute atomic E-state index is 10.7. The van der Waals surface area contributed by atoms with Crippen LogP contribution in [0.15, 0.2) is 34.7 Å². The van der Waals surface area contributed by atoms with Crippen molar-refractivity contribution in [2.24, 2.45) is 0 Å². The Labute approximate surface area is 102 Å². The maximum Gasteiger partial charge on any atom is 0.270 e. The molecule has 1 aromatic heterocycles. The van der Waals surface area contributed by atoms with E-state index in [-0.39, 0.29) is 11.4 Å². The van der Waals surface area contributed by atoms with Crippen molar-refractivity contribution in [2.45, 2.75) is 0 Å². The van der Waals surface area contributed by atoms with Gasteiger partial charge in [-0.3, -0.25) is 14.9 Å². The minimum Gasteiger partial charge on any atom is -0.496 e. The van der Waals surface area contributed by atoms with E-state index in [1.165, 1.54) is 31.4 Å². The molecule has 0 fully saturated rings. The minimum atomic E-state index is -0.507. The number of aldehydes is 1. The van der Waals surface area contributed by atoms with Gasteiger partial charge < -0.3 is 9.15 Å². The molecule has 0 aliphatic heterocycles. The molecule has 2 rings (SSSR count). The number of furan rings is 1. The molecule has 0 N–H and O–H groups in total. The average Bonchev–Trinajstić information content (AvgIpc) is 2.86. The molecule has 0 saturated carbocycles. The predicted octanol–water partition coefficient (Wildman–Crippen LogP) is 2.68. The number of hydrogen-bond donors (Lipinski definition) is 0. The van der Waals surface area contributed by atoms with E-state index in [0.29, 0.717) is 23.4 Å². The van der Waals surface area contributed by atoms with Crippen molar-refractivity contribution < 1.29 is 18.9 Å². The number of carbonyl (C=O) groups is 1. The smallest absolute Gasteiger partial charge is 0.270 e. The Kier molecular flexibility index (Phi) is 3.09. The zero-order valence-corrected chi connectivity index (χ0v) is 9.45. The number of rotatable bonds is 4. The highest BCUT2D eigenvalue weighted by atomic mass is 16.6. The molecule has 0 bridgehead atoms. The number of non-ortho nitro benzene ring substituents is 1. The zero-order valence-electron chi connectivity index (χ0n) is 9.45. The Hall–Kier alpha value is -2.63. The predicted molar refractivity (Wildman–Crippen MR) is 62.7 cm³/mol. The molecule has 0 aliphatic carbocycles. The van der Waals surface area contributed by atoms with Gasteiger partial charge in [-0.2, -0.15) is 0 Å². The lowest BCUT2D eigenvalue weighted by molar-refractivity contribution is -0.384. The largest absolute Gasteiger partial charge is 0.496 e. The molecule has 18 heavy (non-hydrogen) atoms. The maximum atomic E-state index is 10.7. The van der Waals surface area contributed by atoms with Gasteiger partial charge in [-0.1, -0.05) is 0 Å². The summed E-state index contributed by atoms with van der Waals surface area (Å²) in [5.74, 6) is 0.934. The van der Waals surface area contributed by atoms with Gasteiger partial charge >= 0.3 is 0 Å². The van der Waals surface area contributed by atoms with Crippen LogP contribution in [0, 0.1) is 10.1 Å². The first-order chi connectivity index (χ1) is 8.65. The summed E-state index contributed by atoms with van der Waals surface area (Å²) < 4.78 is 10.3. The fraction of sp³-hybridized carbons (Fsp3) is 0.0833. The first kappa shape index (κ1) is 11.8. The monoisotopic (exact) mass is 247 g/mol. The van der Waals surface area contributed by atoms with E-state index in [0.717, 1.165) is 0 Å². The van der Waals surface area contributed by atoms with Gasteiger partial charge in [0.2, 0.25) is 0 Å². The van der Waals surface area contributed by atoms with Crippen LogP contribution in [0.25, 0.3) is 11.3 Å². The van der Waals surface area contributed by atoms with Crippen LogP contribution in [0.4, 0.5) is 5.69 Å². The molecule has 1 aromatic carbocycles. The summed E-state index contributed by atoms with van der Waals surface area (Å²) in [5.41, 5.74) is 0.356. The van der Waals surface area contributed by atoms with E-state index in [1.54, 1.807) is 6.07 Å². The number of nitro groups is 1. The summed E-state index contributed by atoms with van der Waals surface area (Å²) in [7, 11) is 1.45. The number of carbonyl (C=O) groups excluding carboxylic acids is 1. The Bertz CT molecular complexity index is 602. The molecule has 0 unspecified atom stereocenters. The lowest BCUT2D eigenvalue weighted by Crippen LogP contribution is -1.91. The van der Waals surface area contributed by atoms with Gasteiger partial charge in [0.1, 0.15) is 11.5 Å². The van der Waals surface area contributed by atoms with E-state index >= 15 is 0 Å². The Balaban J connectivity index is 2.55. The summed E-state index contributed by atoms with van der Waals surface area (Å²) in [6, 6.07) is 7.21. The van der Waals surface area contributed by atoms with Crippen molar-refractivity contribution in [3.63, 3.8) is 0 Å². The normalized spacial score (nSPS) is 10.1. The van der Waals surface area contributed by atoms with E-state index in [1.807, 2.05) is 0 Å². The highest BCUT2D eigenvalue weighted by molar-refractivity contribution is 5.75. The van der Waals surface area contributed by atoms with Gasteiger partial charge in [-0.25, -0.2) is 0 Å². The number of hydrogen-bond acceptors (Lipinski definition) is 5. The van der Waals surface area contributed by atoms with Crippen molar-refractivity contribution in [3.05, 3.63) is 46.2 Å². The van der Waals surface area contributed by atoms with Crippen molar-refractivity contribution in [1.29, 1.82) is 0 Å². The van der Waals surface area contributed by atoms with Crippen LogP contribution in [-0.4, -0.2) is 18.3 Å². The molecular weight excluding hydrogens is 238 g/mol. The third kappa shape index (κ3) is 2.08. The quantitative estimate of drug-likeness (QED) is 0.471. The van der Waals surface area contributed by atoms with Crippen LogP contribution in [0.1, 0.15) is 10.6 Å². The highest BCUT2D eigenvalue weighted by Crippen LogP contribution is 2.34. The van der Waals surface area contributed by atoms with Gasteiger partial charge in [0.15, 0.2) is 12.0 Å². The first-order valence-corrected chi connectivity index (χ1v) is 5.03. The van der Waals surface area contributed by atoms with Crippen LogP contribution in [0.2, 0.25) is 0 Å². The van der Waals surface area contributed by atoms with E-state index in [9.17, 15) is 14.9 Å². The highest BCUT2D eigenvalue weighted by Gasteiger charge is 2.15. The SMILES string of the molecule is COc1ccc([N+](=O)[O-])cc1-c1ccc(C=O)o1. The third-order valence-corrected chi connectivity index (χ3v) is 2.40. The summed E-state index contributed by atoms with van der Waals surface area (Å²) in [5, 5.41) is 10.7. The van der Waals surface area contributed by atoms with Crippen molar-refractivity contribution >= 4 is 12.0 Å². The molecule has 0 saturated heterocycles. The standard InChI is InChI=1S/C12H9NO5/c1-17-11-4-2-8(13(15)16)6-10(11)12-5-3-9(7-14)18-12/h2-7H,1H3. The summed E-state index contributed by atoms with van der Waals surface area (Å²) in [6.45, 7) is 0. The minimum absolute atomic E-state index is 0.0742. The lowest BCUT2D eigenvalue weighted by Gasteiger charge is -2.05. The van der Waals surface area contributed by atoms with Crippen LogP contribution in [0.3, 0.4) is 0 Å². The number of ether oxygens (including phenoxy) is 1. The van der Waals surface area contributed by atoms with E-state index in [2.05, 4.69) is 0 Å². The first-order valence-electron chi connectivity index (χ1n) is 5.03. The molecule has 92 valence electrons. The summed E-state index contributed by atoms with van der Waals surface area (Å²) in [6.07, 6.45) is 0.563. The van der Waals surface area contributed by atoms with Crippen molar-refractivity contribution in [2.75, 3.05) is 7.11 Å². The third-order valence-electron chi connectivity index (χ3n) is 2.40. The van der Waals surface area contributed by atoms with Gasteiger partial charge in [-0.15, -0.1) is 0 Å².